The minimum absolute atomic E-state index is 0.0512. The molecule has 2 rings (SSSR count). The first-order valence-corrected chi connectivity index (χ1v) is 5.08. The van der Waals surface area contributed by atoms with Gasteiger partial charge in [-0.3, -0.25) is 0 Å². The number of alkyl halides is 2. The van der Waals surface area contributed by atoms with Crippen LogP contribution in [0.2, 0.25) is 0 Å². The number of halogens is 2. The average Bonchev–Trinajstić information content (AvgIpc) is 2.40. The lowest BCUT2D eigenvalue weighted by molar-refractivity contribution is 0.0428. The van der Waals surface area contributed by atoms with E-state index in [1.54, 1.807) is 18.2 Å². The lowest BCUT2D eigenvalue weighted by atomic mass is 9.99. The van der Waals surface area contributed by atoms with Crippen molar-refractivity contribution in [1.29, 1.82) is 5.26 Å². The fraction of sp³-hybridized carbons (Fsp3) is 0.0714. The van der Waals surface area contributed by atoms with Crippen LogP contribution in [0.15, 0.2) is 54.6 Å². The van der Waals surface area contributed by atoms with Gasteiger partial charge in [0, 0.05) is 11.1 Å². The second-order valence-electron chi connectivity index (χ2n) is 3.63. The Balaban J connectivity index is 2.41. The van der Waals surface area contributed by atoms with E-state index in [0.717, 1.165) is 0 Å². The Labute approximate surface area is 97.9 Å². The zero-order valence-corrected chi connectivity index (χ0v) is 8.90. The summed E-state index contributed by atoms with van der Waals surface area (Å²) in [5.41, 5.74) is 0.213. The van der Waals surface area contributed by atoms with Crippen LogP contribution in [0.25, 0.3) is 0 Å². The van der Waals surface area contributed by atoms with Crippen LogP contribution in [0, 0.1) is 11.3 Å². The zero-order chi connectivity index (χ0) is 12.3. The first kappa shape index (κ1) is 11.3. The molecule has 0 aliphatic carbocycles. The number of hydrogen-bond donors (Lipinski definition) is 0. The molecule has 2 aromatic carbocycles. The molecule has 0 spiro atoms. The Morgan fingerprint density at radius 3 is 1.88 bits per heavy atom. The van der Waals surface area contributed by atoms with Crippen LogP contribution in [0.4, 0.5) is 8.78 Å². The molecule has 0 atom stereocenters. The number of nitriles is 1. The summed E-state index contributed by atoms with van der Waals surface area (Å²) in [6.45, 7) is 0. The van der Waals surface area contributed by atoms with Crippen molar-refractivity contribution < 1.29 is 8.78 Å². The monoisotopic (exact) mass is 229 g/mol. The predicted octanol–water partition coefficient (Wildman–Crippen LogP) is 3.70. The van der Waals surface area contributed by atoms with E-state index in [9.17, 15) is 8.78 Å². The topological polar surface area (TPSA) is 23.8 Å². The van der Waals surface area contributed by atoms with Crippen LogP contribution < -0.4 is 0 Å². The minimum Gasteiger partial charge on any atom is -0.196 e. The Morgan fingerprint density at radius 1 is 0.824 bits per heavy atom. The number of hydrogen-bond acceptors (Lipinski definition) is 1. The summed E-state index contributed by atoms with van der Waals surface area (Å²) in [5, 5.41) is 8.61. The molecule has 1 nitrogen and oxygen atoms in total. The molecule has 0 aliphatic heterocycles. The standard InChI is InChI=1S/C14H9F2N/c15-14(16,12-4-2-1-3-5-12)13-8-6-11(10-17)7-9-13/h1-9H. The lowest BCUT2D eigenvalue weighted by Gasteiger charge is -2.16. The Morgan fingerprint density at radius 2 is 1.35 bits per heavy atom. The fourth-order valence-electron chi connectivity index (χ4n) is 1.57. The van der Waals surface area contributed by atoms with Gasteiger partial charge in [0.25, 0.3) is 5.92 Å². The third-order valence-corrected chi connectivity index (χ3v) is 2.51. The fourth-order valence-corrected chi connectivity index (χ4v) is 1.57. The SMILES string of the molecule is N#Cc1ccc(C(F)(F)c2ccccc2)cc1. The first-order chi connectivity index (χ1) is 8.14. The Hall–Kier alpha value is -2.21. The van der Waals surface area contributed by atoms with Gasteiger partial charge in [-0.1, -0.05) is 42.5 Å². The van der Waals surface area contributed by atoms with Crippen LogP contribution in [-0.4, -0.2) is 0 Å². The minimum atomic E-state index is -3.03. The number of rotatable bonds is 2. The van der Waals surface area contributed by atoms with Crippen molar-refractivity contribution in [1.82, 2.24) is 0 Å². The molecule has 0 amide bonds. The molecule has 0 bridgehead atoms. The van der Waals surface area contributed by atoms with Gasteiger partial charge in [0.2, 0.25) is 0 Å². The molecular formula is C14H9F2N. The van der Waals surface area contributed by atoms with Crippen LogP contribution in [0.1, 0.15) is 16.7 Å². The molecule has 0 unspecified atom stereocenters. The molecule has 0 aromatic heterocycles. The van der Waals surface area contributed by atoms with Crippen LogP contribution in [-0.2, 0) is 5.92 Å². The summed E-state index contributed by atoms with van der Waals surface area (Å²) in [5.74, 6) is -3.03. The van der Waals surface area contributed by atoms with E-state index in [-0.39, 0.29) is 11.1 Å². The highest BCUT2D eigenvalue weighted by molar-refractivity contribution is 5.38. The third-order valence-electron chi connectivity index (χ3n) is 2.51. The van der Waals surface area contributed by atoms with E-state index >= 15 is 0 Å². The average molecular weight is 229 g/mol. The van der Waals surface area contributed by atoms with Crippen molar-refractivity contribution in [2.24, 2.45) is 0 Å². The van der Waals surface area contributed by atoms with Crippen molar-refractivity contribution in [2.75, 3.05) is 0 Å². The van der Waals surface area contributed by atoms with Gasteiger partial charge < -0.3 is 0 Å². The van der Waals surface area contributed by atoms with Gasteiger partial charge in [0.05, 0.1) is 11.6 Å². The van der Waals surface area contributed by atoms with E-state index in [1.165, 1.54) is 36.4 Å². The van der Waals surface area contributed by atoms with Gasteiger partial charge in [0.15, 0.2) is 0 Å². The summed E-state index contributed by atoms with van der Waals surface area (Å²) in [6.07, 6.45) is 0. The number of benzene rings is 2. The van der Waals surface area contributed by atoms with Crippen LogP contribution >= 0.6 is 0 Å². The molecule has 0 saturated heterocycles. The van der Waals surface area contributed by atoms with Gasteiger partial charge in [-0.25, -0.2) is 0 Å². The molecular weight excluding hydrogens is 220 g/mol. The lowest BCUT2D eigenvalue weighted by Crippen LogP contribution is -2.14. The van der Waals surface area contributed by atoms with Crippen LogP contribution in [0.3, 0.4) is 0 Å². The molecule has 0 N–H and O–H groups in total. The maximum absolute atomic E-state index is 14.0. The maximum Gasteiger partial charge on any atom is 0.298 e. The molecule has 0 radical (unpaired) electrons. The highest BCUT2D eigenvalue weighted by Crippen LogP contribution is 2.35. The summed E-state index contributed by atoms with van der Waals surface area (Å²) in [7, 11) is 0. The molecule has 0 heterocycles. The molecule has 0 fully saturated rings. The van der Waals surface area contributed by atoms with E-state index in [1.807, 2.05) is 6.07 Å². The van der Waals surface area contributed by atoms with Crippen molar-refractivity contribution in [2.45, 2.75) is 5.92 Å². The summed E-state index contributed by atoms with van der Waals surface area (Å²) < 4.78 is 28.1. The van der Waals surface area contributed by atoms with Gasteiger partial charge in [-0.2, -0.15) is 14.0 Å². The Bertz CT molecular complexity index is 539. The largest absolute Gasteiger partial charge is 0.298 e. The second kappa shape index (κ2) is 4.34. The number of nitrogens with zero attached hydrogens (tertiary/aromatic N) is 1. The van der Waals surface area contributed by atoms with E-state index in [2.05, 4.69) is 0 Å². The third kappa shape index (κ3) is 2.16. The van der Waals surface area contributed by atoms with Gasteiger partial charge in [0.1, 0.15) is 0 Å². The molecule has 2 aromatic rings. The molecule has 0 aliphatic rings. The van der Waals surface area contributed by atoms with Crippen LogP contribution in [0.5, 0.6) is 0 Å². The quantitative estimate of drug-likeness (QED) is 0.770. The summed E-state index contributed by atoms with van der Waals surface area (Å²) >= 11 is 0. The molecule has 17 heavy (non-hydrogen) atoms. The highest BCUT2D eigenvalue weighted by Gasteiger charge is 2.33. The summed E-state index contributed by atoms with van der Waals surface area (Å²) in [4.78, 5) is 0. The normalized spacial score (nSPS) is 10.9. The summed E-state index contributed by atoms with van der Waals surface area (Å²) in [6, 6.07) is 14.9. The zero-order valence-electron chi connectivity index (χ0n) is 8.90. The van der Waals surface area contributed by atoms with E-state index in [0.29, 0.717) is 5.56 Å². The van der Waals surface area contributed by atoms with E-state index in [4.69, 9.17) is 5.26 Å². The molecule has 0 saturated carbocycles. The van der Waals surface area contributed by atoms with Crippen molar-refractivity contribution in [3.8, 4) is 6.07 Å². The van der Waals surface area contributed by atoms with Crippen molar-refractivity contribution in [3.63, 3.8) is 0 Å². The van der Waals surface area contributed by atoms with E-state index < -0.39 is 5.92 Å². The van der Waals surface area contributed by atoms with Gasteiger partial charge >= 0.3 is 0 Å². The van der Waals surface area contributed by atoms with Crippen molar-refractivity contribution in [3.05, 3.63) is 71.3 Å². The van der Waals surface area contributed by atoms with Gasteiger partial charge in [-0.15, -0.1) is 0 Å². The predicted molar refractivity (Wildman–Crippen MR) is 60.6 cm³/mol. The second-order valence-corrected chi connectivity index (χ2v) is 3.63. The first-order valence-electron chi connectivity index (χ1n) is 5.08. The molecule has 84 valence electrons. The van der Waals surface area contributed by atoms with Gasteiger partial charge in [-0.05, 0) is 12.1 Å². The van der Waals surface area contributed by atoms with Crippen molar-refractivity contribution >= 4 is 0 Å². The smallest absolute Gasteiger partial charge is 0.196 e. The highest BCUT2D eigenvalue weighted by atomic mass is 19.3. The maximum atomic E-state index is 14.0. The Kier molecular flexibility index (Phi) is 2.88. The molecule has 3 heteroatoms.